The van der Waals surface area contributed by atoms with Crippen LogP contribution in [0.2, 0.25) is 0 Å². The highest BCUT2D eigenvalue weighted by Gasteiger charge is 2.41. The molecule has 90 valence electrons. The second kappa shape index (κ2) is 4.96. The van der Waals surface area contributed by atoms with Crippen LogP contribution in [-0.2, 0) is 19.1 Å². The average molecular weight is 230 g/mol. The van der Waals surface area contributed by atoms with Gasteiger partial charge in [0.05, 0.1) is 24.9 Å². The van der Waals surface area contributed by atoms with Crippen molar-refractivity contribution < 1.29 is 29.3 Å². The number of ether oxygens (including phenoxy) is 1. The van der Waals surface area contributed by atoms with E-state index in [4.69, 9.17) is 10.2 Å². The predicted molar refractivity (Wildman–Crippen MR) is 51.6 cm³/mol. The Morgan fingerprint density at radius 3 is 2.06 bits per heavy atom. The monoisotopic (exact) mass is 230 g/mol. The summed E-state index contributed by atoms with van der Waals surface area (Å²) in [6, 6.07) is 0. The molecule has 1 aliphatic carbocycles. The van der Waals surface area contributed by atoms with E-state index in [1.165, 1.54) is 7.11 Å². The van der Waals surface area contributed by atoms with E-state index in [-0.39, 0.29) is 12.8 Å². The zero-order chi connectivity index (χ0) is 12.3. The van der Waals surface area contributed by atoms with Gasteiger partial charge in [-0.3, -0.25) is 14.4 Å². The van der Waals surface area contributed by atoms with Crippen LogP contribution in [0.5, 0.6) is 0 Å². The predicted octanol–water partition coefficient (Wildman–Crippen LogP) is 0.361. The number of carbonyl (C=O) groups is 3. The minimum Gasteiger partial charge on any atom is -0.481 e. The summed E-state index contributed by atoms with van der Waals surface area (Å²) in [5.41, 5.74) is 0. The van der Waals surface area contributed by atoms with Crippen molar-refractivity contribution in [2.24, 2.45) is 17.8 Å². The Morgan fingerprint density at radius 2 is 1.62 bits per heavy atom. The fourth-order valence-corrected chi connectivity index (χ4v) is 2.12. The van der Waals surface area contributed by atoms with E-state index in [0.29, 0.717) is 6.42 Å². The summed E-state index contributed by atoms with van der Waals surface area (Å²) in [5.74, 6) is -5.15. The molecule has 0 saturated heterocycles. The summed E-state index contributed by atoms with van der Waals surface area (Å²) >= 11 is 0. The highest BCUT2D eigenvalue weighted by atomic mass is 16.5. The molecule has 0 aromatic heterocycles. The van der Waals surface area contributed by atoms with Gasteiger partial charge in [-0.15, -0.1) is 0 Å². The highest BCUT2D eigenvalue weighted by molar-refractivity contribution is 5.82. The first kappa shape index (κ1) is 12.5. The normalized spacial score (nSPS) is 29.4. The van der Waals surface area contributed by atoms with Crippen molar-refractivity contribution in [2.45, 2.75) is 19.3 Å². The van der Waals surface area contributed by atoms with Crippen molar-refractivity contribution >= 4 is 17.9 Å². The fraction of sp³-hybridized carbons (Fsp3) is 0.700. The number of rotatable bonds is 3. The maximum atomic E-state index is 11.2. The Bertz CT molecular complexity index is 310. The molecule has 3 unspecified atom stereocenters. The number of aliphatic carboxylic acids is 2. The molecule has 0 aromatic carbocycles. The van der Waals surface area contributed by atoms with Crippen LogP contribution in [0.3, 0.4) is 0 Å². The van der Waals surface area contributed by atoms with E-state index < -0.39 is 35.7 Å². The first-order valence-corrected chi connectivity index (χ1v) is 5.00. The molecule has 6 nitrogen and oxygen atoms in total. The summed E-state index contributed by atoms with van der Waals surface area (Å²) in [6.07, 6.45) is 0.610. The lowest BCUT2D eigenvalue weighted by atomic mass is 9.74. The van der Waals surface area contributed by atoms with Gasteiger partial charge in [-0.05, 0) is 19.3 Å². The molecule has 6 heteroatoms. The third-order valence-electron chi connectivity index (χ3n) is 3.02. The van der Waals surface area contributed by atoms with E-state index in [1.54, 1.807) is 0 Å². The van der Waals surface area contributed by atoms with E-state index >= 15 is 0 Å². The molecule has 0 aliphatic heterocycles. The lowest BCUT2D eigenvalue weighted by Gasteiger charge is -2.29. The van der Waals surface area contributed by atoms with E-state index in [0.717, 1.165) is 0 Å². The van der Waals surface area contributed by atoms with Gasteiger partial charge in [0.15, 0.2) is 0 Å². The fourth-order valence-electron chi connectivity index (χ4n) is 2.12. The van der Waals surface area contributed by atoms with Gasteiger partial charge in [-0.1, -0.05) is 0 Å². The average Bonchev–Trinajstić information content (AvgIpc) is 2.26. The summed E-state index contributed by atoms with van der Waals surface area (Å²) < 4.78 is 4.53. The topological polar surface area (TPSA) is 101 Å². The number of hydrogen-bond donors (Lipinski definition) is 2. The molecule has 16 heavy (non-hydrogen) atoms. The number of hydrogen-bond acceptors (Lipinski definition) is 4. The second-order valence-electron chi connectivity index (χ2n) is 3.92. The number of carbonyl (C=O) groups excluding carboxylic acids is 1. The first-order chi connectivity index (χ1) is 7.47. The van der Waals surface area contributed by atoms with Crippen molar-refractivity contribution in [3.63, 3.8) is 0 Å². The highest BCUT2D eigenvalue weighted by Crippen LogP contribution is 2.34. The standard InChI is InChI=1S/C10H14O6/c1-16-10(15)5-2-3-6(8(11)12)7(4-5)9(13)14/h5-7H,2-4H2,1H3,(H,11,12)(H,13,14). The van der Waals surface area contributed by atoms with Crippen molar-refractivity contribution in [2.75, 3.05) is 7.11 Å². The van der Waals surface area contributed by atoms with Crippen LogP contribution in [0.4, 0.5) is 0 Å². The molecule has 0 heterocycles. The van der Waals surface area contributed by atoms with Gasteiger partial charge in [-0.25, -0.2) is 0 Å². The Labute approximate surface area is 92.2 Å². The van der Waals surface area contributed by atoms with Crippen LogP contribution >= 0.6 is 0 Å². The van der Waals surface area contributed by atoms with Crippen molar-refractivity contribution in [3.05, 3.63) is 0 Å². The maximum Gasteiger partial charge on any atom is 0.308 e. The van der Waals surface area contributed by atoms with Gasteiger partial charge in [0, 0.05) is 0 Å². The Balaban J connectivity index is 2.76. The summed E-state index contributed by atoms with van der Waals surface area (Å²) in [4.78, 5) is 33.0. The molecule has 3 atom stereocenters. The zero-order valence-electron chi connectivity index (χ0n) is 8.88. The maximum absolute atomic E-state index is 11.2. The summed E-state index contributed by atoms with van der Waals surface area (Å²) in [7, 11) is 1.24. The minimum absolute atomic E-state index is 0.0406. The van der Waals surface area contributed by atoms with Crippen LogP contribution in [0.15, 0.2) is 0 Å². The number of carboxylic acid groups (broad SMARTS) is 2. The van der Waals surface area contributed by atoms with Gasteiger partial charge >= 0.3 is 17.9 Å². The number of methoxy groups -OCH3 is 1. The van der Waals surface area contributed by atoms with Crippen LogP contribution in [0.1, 0.15) is 19.3 Å². The zero-order valence-corrected chi connectivity index (χ0v) is 8.88. The molecule has 0 radical (unpaired) electrons. The van der Waals surface area contributed by atoms with E-state index in [2.05, 4.69) is 4.74 Å². The molecule has 1 rings (SSSR count). The lowest BCUT2D eigenvalue weighted by Crippen LogP contribution is -2.38. The first-order valence-electron chi connectivity index (χ1n) is 5.00. The van der Waals surface area contributed by atoms with Gasteiger partial charge in [-0.2, -0.15) is 0 Å². The molecule has 0 aromatic rings. The molecule has 0 bridgehead atoms. The summed E-state index contributed by atoms with van der Waals surface area (Å²) in [6.45, 7) is 0. The van der Waals surface area contributed by atoms with Crippen LogP contribution in [0.25, 0.3) is 0 Å². The largest absolute Gasteiger partial charge is 0.481 e. The molecular formula is C10H14O6. The van der Waals surface area contributed by atoms with E-state index in [9.17, 15) is 14.4 Å². The number of carboxylic acids is 2. The third-order valence-corrected chi connectivity index (χ3v) is 3.02. The SMILES string of the molecule is COC(=O)C1CCC(C(=O)O)C(C(=O)O)C1. The molecule has 1 saturated carbocycles. The Hall–Kier alpha value is -1.59. The van der Waals surface area contributed by atoms with Crippen molar-refractivity contribution in [3.8, 4) is 0 Å². The molecular weight excluding hydrogens is 216 g/mol. The van der Waals surface area contributed by atoms with Crippen molar-refractivity contribution in [1.82, 2.24) is 0 Å². The molecule has 1 fully saturated rings. The smallest absolute Gasteiger partial charge is 0.308 e. The number of esters is 1. The van der Waals surface area contributed by atoms with Gasteiger partial charge in [0.1, 0.15) is 0 Å². The van der Waals surface area contributed by atoms with Gasteiger partial charge in [0.2, 0.25) is 0 Å². The second-order valence-corrected chi connectivity index (χ2v) is 3.92. The molecule has 0 amide bonds. The molecule has 2 N–H and O–H groups in total. The lowest BCUT2D eigenvalue weighted by molar-refractivity contribution is -0.160. The van der Waals surface area contributed by atoms with Crippen LogP contribution < -0.4 is 0 Å². The third kappa shape index (κ3) is 2.50. The quantitative estimate of drug-likeness (QED) is 0.679. The Morgan fingerprint density at radius 1 is 1.06 bits per heavy atom. The Kier molecular flexibility index (Phi) is 3.87. The van der Waals surface area contributed by atoms with Gasteiger partial charge in [0.25, 0.3) is 0 Å². The molecule has 0 spiro atoms. The van der Waals surface area contributed by atoms with Gasteiger partial charge < -0.3 is 14.9 Å². The van der Waals surface area contributed by atoms with Crippen molar-refractivity contribution in [1.29, 1.82) is 0 Å². The van der Waals surface area contributed by atoms with E-state index in [1.807, 2.05) is 0 Å². The van der Waals surface area contributed by atoms with Crippen LogP contribution in [-0.4, -0.2) is 35.2 Å². The summed E-state index contributed by atoms with van der Waals surface area (Å²) in [5, 5.41) is 17.8. The molecule has 1 aliphatic rings. The minimum atomic E-state index is -1.17. The van der Waals surface area contributed by atoms with Crippen LogP contribution in [0, 0.1) is 17.8 Å².